The Hall–Kier alpha value is -2.62. The van der Waals surface area contributed by atoms with E-state index in [0.717, 1.165) is 0 Å². The van der Waals surface area contributed by atoms with Crippen molar-refractivity contribution in [1.82, 2.24) is 4.90 Å². The van der Waals surface area contributed by atoms with Gasteiger partial charge in [0.05, 0.1) is 30.0 Å². The summed E-state index contributed by atoms with van der Waals surface area (Å²) in [6, 6.07) is -0.324. The molecule has 292 valence electrons. The van der Waals surface area contributed by atoms with Crippen LogP contribution in [0.25, 0.3) is 0 Å². The number of carbonyl (C=O) groups is 5. The highest BCUT2D eigenvalue weighted by Gasteiger charge is 2.52. The predicted molar refractivity (Wildman–Crippen MR) is 188 cm³/mol. The van der Waals surface area contributed by atoms with Gasteiger partial charge >= 0.3 is 11.9 Å². The standard InChI is InChI=1S/C37H62N2O12/c1-14-26(42)18-47-33-21(5)29(38-24(8)40)19(3)17-36(10,45)32(22(6)30(43)23(7)34(44)50-28(15-2)37(33,11)46)51-35-31(49-25(9)41)27(39(12)13)16-20(4)48-35/h19-23,27-28,31-33,35,45-46H,14-18H2,1-13H3/t19-,20-,21+,22+,23-,27+,28-,31-,32-,33-,35+,36-,37-/m1/s1. The molecule has 0 unspecified atom stereocenters. The lowest BCUT2D eigenvalue weighted by molar-refractivity contribution is -0.295. The maximum absolute atomic E-state index is 14.1. The lowest BCUT2D eigenvalue weighted by Gasteiger charge is -2.47. The number of hydrogen-bond acceptors (Lipinski definition) is 13. The van der Waals surface area contributed by atoms with E-state index in [1.54, 1.807) is 27.7 Å². The summed E-state index contributed by atoms with van der Waals surface area (Å²) in [5.41, 5.74) is -3.50. The van der Waals surface area contributed by atoms with Crippen LogP contribution in [0.2, 0.25) is 0 Å². The third kappa shape index (κ3) is 11.2. The summed E-state index contributed by atoms with van der Waals surface area (Å²) in [5.74, 6) is -6.84. The minimum Gasteiger partial charge on any atom is -0.459 e. The fraction of sp³-hybridized carbons (Fsp3) is 0.838. The summed E-state index contributed by atoms with van der Waals surface area (Å²) in [6.07, 6.45) is -5.48. The molecule has 2 rings (SSSR count). The summed E-state index contributed by atoms with van der Waals surface area (Å²) in [4.78, 5) is 71.2. The second-order valence-electron chi connectivity index (χ2n) is 15.1. The monoisotopic (exact) mass is 726 g/mol. The fourth-order valence-electron chi connectivity index (χ4n) is 7.55. The van der Waals surface area contributed by atoms with Crippen LogP contribution in [0.15, 0.2) is 4.99 Å². The number of cyclic esters (lactones) is 1. The Morgan fingerprint density at radius 2 is 1.59 bits per heavy atom. The number of ketones is 2. The van der Waals surface area contributed by atoms with Crippen molar-refractivity contribution in [1.29, 1.82) is 0 Å². The maximum Gasteiger partial charge on any atom is 0.316 e. The first-order chi connectivity index (χ1) is 23.5. The van der Waals surface area contributed by atoms with E-state index in [1.807, 2.05) is 25.9 Å². The molecule has 13 atom stereocenters. The smallest absolute Gasteiger partial charge is 0.316 e. The molecule has 2 heterocycles. The van der Waals surface area contributed by atoms with Crippen molar-refractivity contribution >= 4 is 35.1 Å². The zero-order chi connectivity index (χ0) is 39.2. The van der Waals surface area contributed by atoms with Gasteiger partial charge in [-0.25, -0.2) is 4.99 Å². The molecule has 51 heavy (non-hydrogen) atoms. The van der Waals surface area contributed by atoms with Crippen LogP contribution >= 0.6 is 0 Å². The lowest BCUT2D eigenvalue weighted by Crippen LogP contribution is -2.60. The molecule has 0 bridgehead atoms. The molecule has 0 radical (unpaired) electrons. The minimum atomic E-state index is -1.91. The number of esters is 2. The van der Waals surface area contributed by atoms with Crippen LogP contribution in [0.5, 0.6) is 0 Å². The van der Waals surface area contributed by atoms with Gasteiger partial charge in [-0.2, -0.15) is 0 Å². The third-order valence-corrected chi connectivity index (χ3v) is 10.2. The van der Waals surface area contributed by atoms with Gasteiger partial charge < -0.3 is 38.8 Å². The Morgan fingerprint density at radius 1 is 0.980 bits per heavy atom. The number of Topliss-reactive ketones (excluding diaryl/α,β-unsaturated/α-hetero) is 2. The molecule has 2 fully saturated rings. The molecule has 0 aromatic carbocycles. The van der Waals surface area contributed by atoms with Gasteiger partial charge in [0.2, 0.25) is 5.91 Å². The molecule has 0 aromatic heterocycles. The molecule has 2 aliphatic heterocycles. The number of ether oxygens (including phenoxy) is 5. The topological polar surface area (TPSA) is 188 Å². The number of carbonyl (C=O) groups excluding carboxylic acids is 5. The number of nitrogens with zero attached hydrogens (tertiary/aromatic N) is 2. The van der Waals surface area contributed by atoms with E-state index in [0.29, 0.717) is 6.42 Å². The molecule has 0 saturated carbocycles. The fourth-order valence-corrected chi connectivity index (χ4v) is 7.55. The second kappa shape index (κ2) is 18.4. The quantitative estimate of drug-likeness (QED) is 0.261. The summed E-state index contributed by atoms with van der Waals surface area (Å²) >= 11 is 0. The van der Waals surface area contributed by atoms with Gasteiger partial charge in [0, 0.05) is 37.8 Å². The van der Waals surface area contributed by atoms with Gasteiger partial charge in [0.1, 0.15) is 24.2 Å². The van der Waals surface area contributed by atoms with Crippen molar-refractivity contribution in [2.45, 2.75) is 156 Å². The van der Waals surface area contributed by atoms with Crippen molar-refractivity contribution in [3.05, 3.63) is 0 Å². The van der Waals surface area contributed by atoms with Gasteiger partial charge in [-0.15, -0.1) is 0 Å². The van der Waals surface area contributed by atoms with Crippen LogP contribution in [-0.4, -0.2) is 125 Å². The van der Waals surface area contributed by atoms with Crippen LogP contribution in [0.1, 0.15) is 102 Å². The van der Waals surface area contributed by atoms with E-state index in [9.17, 15) is 34.2 Å². The first-order valence-corrected chi connectivity index (χ1v) is 18.1. The highest BCUT2D eigenvalue weighted by molar-refractivity contribution is 6.00. The molecule has 14 nitrogen and oxygen atoms in total. The number of likely N-dealkylation sites (N-methyl/N-ethyl adjacent to an activating group) is 1. The highest BCUT2D eigenvalue weighted by Crippen LogP contribution is 2.38. The molecule has 0 aromatic rings. The Balaban J connectivity index is 2.80. The van der Waals surface area contributed by atoms with Gasteiger partial charge in [0.25, 0.3) is 0 Å². The molecule has 2 saturated heterocycles. The number of aliphatic imine (C=N–C) groups is 1. The molecule has 2 aliphatic rings. The van der Waals surface area contributed by atoms with Gasteiger partial charge in [-0.3, -0.25) is 24.0 Å². The highest BCUT2D eigenvalue weighted by atomic mass is 16.7. The van der Waals surface area contributed by atoms with Crippen LogP contribution in [0.4, 0.5) is 0 Å². The lowest BCUT2D eigenvalue weighted by atomic mass is 9.74. The Kier molecular flexibility index (Phi) is 16.1. The average Bonchev–Trinajstić information content (AvgIpc) is 3.02. The Labute approximate surface area is 302 Å². The second-order valence-corrected chi connectivity index (χ2v) is 15.1. The Bertz CT molecular complexity index is 1280. The van der Waals surface area contributed by atoms with E-state index in [1.165, 1.54) is 41.5 Å². The maximum atomic E-state index is 14.1. The number of hydrogen-bond donors (Lipinski definition) is 2. The minimum absolute atomic E-state index is 0.109. The van der Waals surface area contributed by atoms with Crippen molar-refractivity contribution in [3.8, 4) is 0 Å². The van der Waals surface area contributed by atoms with Crippen LogP contribution in [0.3, 0.4) is 0 Å². The summed E-state index contributed by atoms with van der Waals surface area (Å²) in [7, 11) is 3.67. The van der Waals surface area contributed by atoms with Crippen molar-refractivity contribution in [2.24, 2.45) is 28.7 Å². The zero-order valence-corrected chi connectivity index (χ0v) is 32.8. The van der Waals surface area contributed by atoms with E-state index >= 15 is 0 Å². The molecular weight excluding hydrogens is 664 g/mol. The van der Waals surface area contributed by atoms with Crippen molar-refractivity contribution < 1.29 is 57.9 Å². The van der Waals surface area contributed by atoms with Crippen molar-refractivity contribution in [3.63, 3.8) is 0 Å². The molecule has 0 aliphatic carbocycles. The van der Waals surface area contributed by atoms with Crippen LogP contribution in [-0.2, 0) is 47.7 Å². The third-order valence-electron chi connectivity index (χ3n) is 10.2. The molecule has 0 spiro atoms. The normalized spacial score (nSPS) is 39.7. The predicted octanol–water partition coefficient (Wildman–Crippen LogP) is 3.06. The molecular formula is C37H62N2O12. The van der Waals surface area contributed by atoms with Gasteiger partial charge in [-0.1, -0.05) is 34.6 Å². The van der Waals surface area contributed by atoms with Gasteiger partial charge in [0.15, 0.2) is 24.0 Å². The first kappa shape index (κ1) is 44.5. The first-order valence-electron chi connectivity index (χ1n) is 18.1. The molecule has 2 N–H and O–H groups in total. The van der Waals surface area contributed by atoms with E-state index < -0.39 is 89.2 Å². The van der Waals surface area contributed by atoms with E-state index in [-0.39, 0.29) is 49.5 Å². The Morgan fingerprint density at radius 3 is 2.10 bits per heavy atom. The number of rotatable bonds is 9. The summed E-state index contributed by atoms with van der Waals surface area (Å²) in [6.45, 7) is 16.7. The summed E-state index contributed by atoms with van der Waals surface area (Å²) in [5, 5.41) is 24.4. The van der Waals surface area contributed by atoms with Crippen LogP contribution < -0.4 is 0 Å². The molecule has 14 heteroatoms. The number of amides is 1. The van der Waals surface area contributed by atoms with Crippen molar-refractivity contribution in [2.75, 3.05) is 20.7 Å². The average molecular weight is 727 g/mol. The largest absolute Gasteiger partial charge is 0.459 e. The zero-order valence-electron chi connectivity index (χ0n) is 32.8. The van der Waals surface area contributed by atoms with Crippen LogP contribution in [0, 0.1) is 23.7 Å². The molecule has 1 amide bonds. The SMILES string of the molecule is CCC(=O)CO[C@@H]1[C@@H](C)C(=NC(C)=O)[C@H](C)C[C@@](C)(O)[C@H](O[C@@H]2O[C@H](C)C[C@H](N(C)C)[C@H]2OC(C)=O)[C@@H](C)C(=O)[C@@H](C)C(=O)O[C@H](CC)[C@@]1(C)O. The number of aliphatic hydroxyl groups is 2. The van der Waals surface area contributed by atoms with E-state index in [4.69, 9.17) is 23.7 Å². The summed E-state index contributed by atoms with van der Waals surface area (Å²) < 4.78 is 30.3. The van der Waals surface area contributed by atoms with Gasteiger partial charge in [-0.05, 0) is 67.0 Å². The van der Waals surface area contributed by atoms with E-state index in [2.05, 4.69) is 4.99 Å².